The molecule has 0 aliphatic rings. The summed E-state index contributed by atoms with van der Waals surface area (Å²) in [6.45, 7) is 4.13. The number of carbonyl (C=O) groups excluding carboxylic acids is 1. The lowest BCUT2D eigenvalue weighted by Gasteiger charge is -2.07. The van der Waals surface area contributed by atoms with Gasteiger partial charge in [0, 0.05) is 29.8 Å². The average molecular weight is 398 g/mol. The van der Waals surface area contributed by atoms with Crippen LogP contribution in [0.1, 0.15) is 10.4 Å². The van der Waals surface area contributed by atoms with E-state index >= 15 is 0 Å². The van der Waals surface area contributed by atoms with E-state index in [2.05, 4.69) is 16.8 Å². The number of nitro benzene ring substituents is 1. The molecule has 1 aromatic heterocycles. The summed E-state index contributed by atoms with van der Waals surface area (Å²) < 4.78 is 14.8. The summed E-state index contributed by atoms with van der Waals surface area (Å²) in [5.74, 6) is 0.0745. The van der Waals surface area contributed by atoms with Crippen molar-refractivity contribution in [2.75, 3.05) is 5.75 Å². The van der Waals surface area contributed by atoms with Gasteiger partial charge in [0.05, 0.1) is 10.7 Å². The SMILES string of the molecule is C=CCn1c(SCC(=O)c2ccc(F)cc2)nnc1-c1ccc([N+](=O)[O-])cc1. The zero-order valence-corrected chi connectivity index (χ0v) is 15.4. The standard InChI is InChI=1S/C19H15FN4O3S/c1-2-11-23-18(14-5-9-16(10-6-14)24(26)27)21-22-19(23)28-12-17(25)13-3-7-15(20)8-4-13/h2-10H,1,11-12H2. The van der Waals surface area contributed by atoms with Crippen LogP contribution in [0.5, 0.6) is 0 Å². The molecule has 0 amide bonds. The molecule has 2 aromatic carbocycles. The molecular weight excluding hydrogens is 383 g/mol. The lowest BCUT2D eigenvalue weighted by atomic mass is 10.1. The highest BCUT2D eigenvalue weighted by Crippen LogP contribution is 2.26. The number of halogens is 1. The highest BCUT2D eigenvalue weighted by atomic mass is 32.2. The van der Waals surface area contributed by atoms with E-state index in [0.29, 0.717) is 28.7 Å². The summed E-state index contributed by atoms with van der Waals surface area (Å²) in [5, 5.41) is 19.6. The van der Waals surface area contributed by atoms with Crippen molar-refractivity contribution in [3.05, 3.63) is 82.7 Å². The third-order valence-electron chi connectivity index (χ3n) is 3.86. The molecule has 0 fully saturated rings. The number of ketones is 1. The number of benzene rings is 2. The lowest BCUT2D eigenvalue weighted by Crippen LogP contribution is -2.05. The molecule has 0 bridgehead atoms. The second-order valence-electron chi connectivity index (χ2n) is 5.73. The molecule has 0 radical (unpaired) electrons. The van der Waals surface area contributed by atoms with E-state index in [-0.39, 0.29) is 17.2 Å². The van der Waals surface area contributed by atoms with Crippen LogP contribution in [-0.2, 0) is 6.54 Å². The van der Waals surface area contributed by atoms with Crippen molar-refractivity contribution in [3.63, 3.8) is 0 Å². The number of hydrogen-bond donors (Lipinski definition) is 0. The van der Waals surface area contributed by atoms with Crippen LogP contribution in [0.15, 0.2) is 66.3 Å². The summed E-state index contributed by atoms with van der Waals surface area (Å²) >= 11 is 1.21. The Bertz CT molecular complexity index is 1020. The van der Waals surface area contributed by atoms with Crippen LogP contribution in [0.4, 0.5) is 10.1 Å². The van der Waals surface area contributed by atoms with E-state index in [9.17, 15) is 19.3 Å². The molecule has 0 aliphatic heterocycles. The van der Waals surface area contributed by atoms with Crippen molar-refractivity contribution in [2.24, 2.45) is 0 Å². The second kappa shape index (κ2) is 8.57. The number of carbonyl (C=O) groups is 1. The molecule has 142 valence electrons. The van der Waals surface area contributed by atoms with Gasteiger partial charge in [-0.2, -0.15) is 0 Å². The number of nitrogens with zero attached hydrogens (tertiary/aromatic N) is 4. The topological polar surface area (TPSA) is 90.9 Å². The van der Waals surface area contributed by atoms with Crippen molar-refractivity contribution in [1.82, 2.24) is 14.8 Å². The first kappa shape index (κ1) is 19.4. The number of hydrogen-bond acceptors (Lipinski definition) is 6. The monoisotopic (exact) mass is 398 g/mol. The van der Waals surface area contributed by atoms with Gasteiger partial charge in [0.2, 0.25) is 0 Å². The minimum Gasteiger partial charge on any atom is -0.298 e. The third-order valence-corrected chi connectivity index (χ3v) is 4.83. The number of non-ortho nitro benzene ring substituents is 1. The van der Waals surface area contributed by atoms with Crippen molar-refractivity contribution >= 4 is 23.2 Å². The maximum absolute atomic E-state index is 13.0. The van der Waals surface area contributed by atoms with Crippen molar-refractivity contribution < 1.29 is 14.1 Å². The molecule has 0 saturated heterocycles. The van der Waals surface area contributed by atoms with Crippen molar-refractivity contribution in [1.29, 1.82) is 0 Å². The van der Waals surface area contributed by atoms with Crippen LogP contribution < -0.4 is 0 Å². The summed E-state index contributed by atoms with van der Waals surface area (Å²) in [5.41, 5.74) is 1.06. The van der Waals surface area contributed by atoms with Gasteiger partial charge in [-0.25, -0.2) is 4.39 Å². The molecule has 9 heteroatoms. The molecule has 7 nitrogen and oxygen atoms in total. The van der Waals surface area contributed by atoms with Crippen LogP contribution in [0.3, 0.4) is 0 Å². The minimum atomic E-state index is -0.472. The maximum atomic E-state index is 13.0. The summed E-state index contributed by atoms with van der Waals surface area (Å²) in [4.78, 5) is 22.6. The number of allylic oxidation sites excluding steroid dienone is 1. The molecule has 28 heavy (non-hydrogen) atoms. The number of Topliss-reactive ketones (excluding diaryl/α,β-unsaturated/α-hetero) is 1. The Kier molecular flexibility index (Phi) is 5.95. The van der Waals surface area contributed by atoms with E-state index in [0.717, 1.165) is 0 Å². The van der Waals surface area contributed by atoms with Gasteiger partial charge in [-0.15, -0.1) is 16.8 Å². The zero-order valence-electron chi connectivity index (χ0n) is 14.6. The van der Waals surface area contributed by atoms with Gasteiger partial charge in [0.25, 0.3) is 5.69 Å². The van der Waals surface area contributed by atoms with E-state index in [1.807, 2.05) is 0 Å². The molecule has 0 saturated carbocycles. The van der Waals surface area contributed by atoms with Gasteiger partial charge >= 0.3 is 0 Å². The Balaban J connectivity index is 1.80. The highest BCUT2D eigenvalue weighted by Gasteiger charge is 2.16. The third kappa shape index (κ3) is 4.32. The van der Waals surface area contributed by atoms with Gasteiger partial charge in [-0.05, 0) is 36.4 Å². The molecule has 1 heterocycles. The quantitative estimate of drug-likeness (QED) is 0.186. The number of aromatic nitrogens is 3. The summed E-state index contributed by atoms with van der Waals surface area (Å²) in [6, 6.07) is 11.3. The highest BCUT2D eigenvalue weighted by molar-refractivity contribution is 7.99. The van der Waals surface area contributed by atoms with E-state index < -0.39 is 10.7 Å². The van der Waals surface area contributed by atoms with Crippen LogP contribution >= 0.6 is 11.8 Å². The van der Waals surface area contributed by atoms with Gasteiger partial charge in [0.1, 0.15) is 5.82 Å². The average Bonchev–Trinajstić information content (AvgIpc) is 3.09. The normalized spacial score (nSPS) is 10.6. The predicted molar refractivity (Wildman–Crippen MR) is 104 cm³/mol. The van der Waals surface area contributed by atoms with Crippen LogP contribution in [0.25, 0.3) is 11.4 Å². The second-order valence-corrected chi connectivity index (χ2v) is 6.67. The Hall–Kier alpha value is -3.33. The molecular formula is C19H15FN4O3S. The Labute approximate surface area is 164 Å². The molecule has 0 atom stereocenters. The molecule has 0 aliphatic carbocycles. The summed E-state index contributed by atoms with van der Waals surface area (Å²) in [6.07, 6.45) is 1.67. The van der Waals surface area contributed by atoms with E-state index in [4.69, 9.17) is 0 Å². The Morgan fingerprint density at radius 3 is 2.46 bits per heavy atom. The van der Waals surface area contributed by atoms with Crippen LogP contribution in [-0.4, -0.2) is 31.2 Å². The summed E-state index contributed by atoms with van der Waals surface area (Å²) in [7, 11) is 0. The first-order valence-electron chi connectivity index (χ1n) is 8.20. The lowest BCUT2D eigenvalue weighted by molar-refractivity contribution is -0.384. The predicted octanol–water partition coefficient (Wildman–Crippen LogP) is 4.15. The Morgan fingerprint density at radius 1 is 1.18 bits per heavy atom. The molecule has 0 N–H and O–H groups in total. The van der Waals surface area contributed by atoms with Gasteiger partial charge < -0.3 is 0 Å². The van der Waals surface area contributed by atoms with Crippen molar-refractivity contribution in [3.8, 4) is 11.4 Å². The van der Waals surface area contributed by atoms with Crippen molar-refractivity contribution in [2.45, 2.75) is 11.7 Å². The molecule has 0 unspecified atom stereocenters. The van der Waals surface area contributed by atoms with Gasteiger partial charge in [-0.3, -0.25) is 19.5 Å². The van der Waals surface area contributed by atoms with Crippen LogP contribution in [0.2, 0.25) is 0 Å². The molecule has 3 aromatic rings. The van der Waals surface area contributed by atoms with E-state index in [1.54, 1.807) is 22.8 Å². The first-order valence-corrected chi connectivity index (χ1v) is 9.18. The smallest absolute Gasteiger partial charge is 0.269 e. The number of rotatable bonds is 8. The maximum Gasteiger partial charge on any atom is 0.269 e. The fourth-order valence-electron chi connectivity index (χ4n) is 2.48. The molecule has 3 rings (SSSR count). The van der Waals surface area contributed by atoms with E-state index in [1.165, 1.54) is 48.2 Å². The van der Waals surface area contributed by atoms with Crippen LogP contribution in [0, 0.1) is 15.9 Å². The van der Waals surface area contributed by atoms with Gasteiger partial charge in [-0.1, -0.05) is 17.8 Å². The van der Waals surface area contributed by atoms with Gasteiger partial charge in [0.15, 0.2) is 16.8 Å². The fourth-order valence-corrected chi connectivity index (χ4v) is 3.33. The minimum absolute atomic E-state index is 0.0157. The number of nitro groups is 1. The zero-order chi connectivity index (χ0) is 20.1. The fraction of sp³-hybridized carbons (Fsp3) is 0.105. The molecule has 0 spiro atoms. The number of thioether (sulfide) groups is 1. The largest absolute Gasteiger partial charge is 0.298 e. The Morgan fingerprint density at radius 2 is 1.86 bits per heavy atom. The first-order chi connectivity index (χ1) is 13.5.